The van der Waals surface area contributed by atoms with Gasteiger partial charge in [-0.2, -0.15) is 0 Å². The minimum absolute atomic E-state index is 0.0108. The van der Waals surface area contributed by atoms with Gasteiger partial charge < -0.3 is 20.1 Å². The number of carbonyl (C=O) groups is 1. The Kier molecular flexibility index (Phi) is 8.22. The molecular formula is C19H19Cl2N3O5S. The summed E-state index contributed by atoms with van der Waals surface area (Å²) in [5.74, 6) is 0.180. The Morgan fingerprint density at radius 2 is 1.87 bits per heavy atom. The van der Waals surface area contributed by atoms with Crippen molar-refractivity contribution in [1.82, 2.24) is 5.32 Å². The molecule has 0 aromatic heterocycles. The molecule has 0 heterocycles. The first-order valence-corrected chi connectivity index (χ1v) is 9.85. The normalized spacial score (nSPS) is 10.8. The number of nitrogens with one attached hydrogen (secondary N) is 2. The van der Waals surface area contributed by atoms with E-state index in [1.54, 1.807) is 38.1 Å². The van der Waals surface area contributed by atoms with E-state index in [0.29, 0.717) is 16.5 Å². The largest absolute Gasteiger partial charge is 0.478 e. The van der Waals surface area contributed by atoms with Gasteiger partial charge in [0.25, 0.3) is 16.8 Å². The summed E-state index contributed by atoms with van der Waals surface area (Å²) in [5, 5.41) is 16.9. The minimum Gasteiger partial charge on any atom is -0.478 e. The average molecular weight is 472 g/mol. The lowest BCUT2D eigenvalue weighted by Crippen LogP contribution is -2.47. The Morgan fingerprint density at radius 1 is 1.20 bits per heavy atom. The van der Waals surface area contributed by atoms with Crippen LogP contribution < -0.4 is 15.4 Å². The predicted molar refractivity (Wildman–Crippen MR) is 119 cm³/mol. The lowest BCUT2D eigenvalue weighted by atomic mass is 10.1. The Labute approximate surface area is 188 Å². The number of benzene rings is 2. The molecule has 11 heteroatoms. The molecule has 160 valence electrons. The third-order valence-electron chi connectivity index (χ3n) is 3.75. The number of non-ortho nitro benzene ring substituents is 1. The van der Waals surface area contributed by atoms with Gasteiger partial charge in [0.15, 0.2) is 5.60 Å². The van der Waals surface area contributed by atoms with E-state index in [4.69, 9.17) is 44.9 Å². The van der Waals surface area contributed by atoms with Gasteiger partial charge in [-0.1, -0.05) is 23.2 Å². The van der Waals surface area contributed by atoms with E-state index < -0.39 is 10.5 Å². The van der Waals surface area contributed by atoms with Crippen molar-refractivity contribution in [3.05, 3.63) is 62.6 Å². The Morgan fingerprint density at radius 3 is 2.47 bits per heavy atom. The fourth-order valence-electron chi connectivity index (χ4n) is 2.23. The molecule has 0 bridgehead atoms. The highest BCUT2D eigenvalue weighted by Gasteiger charge is 2.29. The molecule has 2 rings (SSSR count). The number of halogens is 2. The summed E-state index contributed by atoms with van der Waals surface area (Å²) in [4.78, 5) is 22.5. The highest BCUT2D eigenvalue weighted by Crippen LogP contribution is 2.26. The topological polar surface area (TPSA) is 103 Å². The maximum Gasteiger partial charge on any atom is 0.271 e. The lowest BCUT2D eigenvalue weighted by Gasteiger charge is -2.25. The maximum absolute atomic E-state index is 12.4. The van der Waals surface area contributed by atoms with Crippen molar-refractivity contribution >= 4 is 57.9 Å². The quantitative estimate of drug-likeness (QED) is 0.251. The molecule has 0 saturated carbocycles. The van der Waals surface area contributed by atoms with Gasteiger partial charge in [0.05, 0.1) is 22.2 Å². The first kappa shape index (κ1) is 23.7. The second-order valence-electron chi connectivity index (χ2n) is 6.50. The number of nitrogens with zero attached hydrogens (tertiary/aromatic N) is 1. The molecule has 30 heavy (non-hydrogen) atoms. The molecule has 0 saturated heterocycles. The second kappa shape index (κ2) is 10.4. The number of anilines is 1. The molecule has 0 aliphatic carbocycles. The van der Waals surface area contributed by atoms with Gasteiger partial charge in [-0.05, 0) is 56.4 Å². The Hall–Kier alpha value is -2.62. The van der Waals surface area contributed by atoms with Gasteiger partial charge in [0.1, 0.15) is 12.4 Å². The van der Waals surface area contributed by atoms with Crippen molar-refractivity contribution in [2.45, 2.75) is 19.4 Å². The molecule has 0 atom stereocenters. The number of nitro groups is 1. The number of hydrogen-bond donors (Lipinski definition) is 2. The smallest absolute Gasteiger partial charge is 0.271 e. The van der Waals surface area contributed by atoms with Crippen LogP contribution in [0.3, 0.4) is 0 Å². The number of amides is 1. The van der Waals surface area contributed by atoms with Crippen molar-refractivity contribution in [2.24, 2.45) is 0 Å². The summed E-state index contributed by atoms with van der Waals surface area (Å²) >= 11 is 16.9. The fraction of sp³-hybridized carbons (Fsp3) is 0.263. The monoisotopic (exact) mass is 471 g/mol. The van der Waals surface area contributed by atoms with E-state index in [-0.39, 0.29) is 34.9 Å². The molecular weight excluding hydrogens is 453 g/mol. The summed E-state index contributed by atoms with van der Waals surface area (Å²) in [6, 6.07) is 10.6. The summed E-state index contributed by atoms with van der Waals surface area (Å²) < 4.78 is 11.0. The first-order chi connectivity index (χ1) is 14.1. The zero-order valence-electron chi connectivity index (χ0n) is 16.1. The van der Waals surface area contributed by atoms with Crippen molar-refractivity contribution in [3.63, 3.8) is 0 Å². The standard InChI is InChI=1S/C19H19Cl2N3O5S/c1-19(2,29-14-6-3-12(20)4-7-14)17(25)22-9-10-28-18(30)23-16-8-5-13(24(26)27)11-15(16)21/h3-8,11H,9-10H2,1-2H3,(H,22,25)(H,23,30). The second-order valence-corrected chi connectivity index (χ2v) is 7.72. The first-order valence-electron chi connectivity index (χ1n) is 8.69. The molecule has 2 aromatic rings. The van der Waals surface area contributed by atoms with Crippen LogP contribution in [0.4, 0.5) is 11.4 Å². The molecule has 0 aliphatic heterocycles. The number of carbonyl (C=O) groups excluding carboxylic acids is 1. The van der Waals surface area contributed by atoms with E-state index in [2.05, 4.69) is 10.6 Å². The van der Waals surface area contributed by atoms with E-state index in [9.17, 15) is 14.9 Å². The van der Waals surface area contributed by atoms with Crippen molar-refractivity contribution in [2.75, 3.05) is 18.5 Å². The van der Waals surface area contributed by atoms with Gasteiger partial charge in [-0.25, -0.2) is 0 Å². The number of hydrogen-bond acceptors (Lipinski definition) is 6. The van der Waals surface area contributed by atoms with Crippen LogP contribution in [0, 0.1) is 10.1 Å². The number of rotatable bonds is 8. The zero-order valence-corrected chi connectivity index (χ0v) is 18.4. The molecule has 2 aromatic carbocycles. The van der Waals surface area contributed by atoms with Gasteiger partial charge in [0, 0.05) is 17.2 Å². The summed E-state index contributed by atoms with van der Waals surface area (Å²) in [6.07, 6.45) is 0. The molecule has 0 spiro atoms. The van der Waals surface area contributed by atoms with Gasteiger partial charge in [-0.3, -0.25) is 14.9 Å². The minimum atomic E-state index is -1.11. The van der Waals surface area contributed by atoms with E-state index >= 15 is 0 Å². The van der Waals surface area contributed by atoms with Gasteiger partial charge >= 0.3 is 0 Å². The molecule has 2 N–H and O–H groups in total. The number of thiocarbonyl (C=S) groups is 1. The van der Waals surface area contributed by atoms with E-state index in [1.807, 2.05) is 0 Å². The maximum atomic E-state index is 12.4. The van der Waals surface area contributed by atoms with Crippen LogP contribution in [-0.4, -0.2) is 34.8 Å². The highest BCUT2D eigenvalue weighted by atomic mass is 35.5. The average Bonchev–Trinajstić information content (AvgIpc) is 2.68. The number of ether oxygens (including phenoxy) is 2. The molecule has 0 fully saturated rings. The fourth-order valence-corrected chi connectivity index (χ4v) is 2.77. The van der Waals surface area contributed by atoms with E-state index in [0.717, 1.165) is 0 Å². The SMILES string of the molecule is CC(C)(Oc1ccc(Cl)cc1)C(=O)NCCOC(=S)Nc1ccc([N+](=O)[O-])cc1Cl. The molecule has 0 aliphatic rings. The van der Waals surface area contributed by atoms with Crippen LogP contribution in [-0.2, 0) is 9.53 Å². The molecule has 0 radical (unpaired) electrons. The predicted octanol–water partition coefficient (Wildman–Crippen LogP) is 4.59. The van der Waals surface area contributed by atoms with E-state index in [1.165, 1.54) is 18.2 Å². The van der Waals surface area contributed by atoms with Crippen LogP contribution in [0.25, 0.3) is 0 Å². The van der Waals surface area contributed by atoms with Gasteiger partial charge in [0.2, 0.25) is 0 Å². The van der Waals surface area contributed by atoms with Crippen LogP contribution in [0.2, 0.25) is 10.0 Å². The zero-order chi connectivity index (χ0) is 22.3. The highest BCUT2D eigenvalue weighted by molar-refractivity contribution is 7.80. The van der Waals surface area contributed by atoms with Crippen LogP contribution in [0.15, 0.2) is 42.5 Å². The molecule has 1 amide bonds. The summed E-state index contributed by atoms with van der Waals surface area (Å²) in [7, 11) is 0. The molecule has 8 nitrogen and oxygen atoms in total. The van der Waals surface area contributed by atoms with Gasteiger partial charge in [-0.15, -0.1) is 0 Å². The van der Waals surface area contributed by atoms with Crippen molar-refractivity contribution < 1.29 is 19.2 Å². The lowest BCUT2D eigenvalue weighted by molar-refractivity contribution is -0.384. The summed E-state index contributed by atoms with van der Waals surface area (Å²) in [5.41, 5.74) is -0.879. The number of nitro benzene ring substituents is 1. The van der Waals surface area contributed by atoms with Crippen molar-refractivity contribution in [3.8, 4) is 5.75 Å². The van der Waals surface area contributed by atoms with Crippen LogP contribution in [0.5, 0.6) is 5.75 Å². The Balaban J connectivity index is 1.77. The third kappa shape index (κ3) is 7.01. The molecule has 0 unspecified atom stereocenters. The Bertz CT molecular complexity index is 938. The van der Waals surface area contributed by atoms with Crippen LogP contribution >= 0.6 is 35.4 Å². The summed E-state index contributed by atoms with van der Waals surface area (Å²) in [6.45, 7) is 3.56. The third-order valence-corrected chi connectivity index (χ3v) is 4.54. The van der Waals surface area contributed by atoms with Crippen molar-refractivity contribution in [1.29, 1.82) is 0 Å². The van der Waals surface area contributed by atoms with Crippen LogP contribution in [0.1, 0.15) is 13.8 Å².